The van der Waals surface area contributed by atoms with Gasteiger partial charge in [-0.2, -0.15) is 0 Å². The van der Waals surface area contributed by atoms with E-state index in [1.165, 1.54) is 18.9 Å². The average molecular weight is 329 g/mol. The summed E-state index contributed by atoms with van der Waals surface area (Å²) in [5, 5.41) is 14.2. The van der Waals surface area contributed by atoms with Gasteiger partial charge in [-0.1, -0.05) is 12.8 Å². The van der Waals surface area contributed by atoms with Crippen LogP contribution in [0.4, 0.5) is 11.4 Å². The first-order chi connectivity index (χ1) is 9.11. The molecule has 0 radical (unpaired) electrons. The van der Waals surface area contributed by atoms with E-state index in [9.17, 15) is 10.1 Å². The van der Waals surface area contributed by atoms with Gasteiger partial charge in [0, 0.05) is 18.9 Å². The highest BCUT2D eigenvalue weighted by Gasteiger charge is 2.25. The fourth-order valence-electron chi connectivity index (χ4n) is 2.50. The molecule has 0 bridgehead atoms. The fraction of sp³-hybridized carbons (Fsp3) is 0.538. The number of rotatable bonds is 4. The molecule has 6 heteroatoms. The molecule has 5 nitrogen and oxygen atoms in total. The number of ether oxygens (including phenoxy) is 1. The van der Waals surface area contributed by atoms with Crippen molar-refractivity contribution in [2.75, 3.05) is 12.4 Å². The number of nitrogens with one attached hydrogen (secondary N) is 1. The molecule has 1 aliphatic carbocycles. The molecule has 0 aliphatic heterocycles. The minimum absolute atomic E-state index is 0.0810. The molecule has 0 saturated heterocycles. The molecule has 104 valence electrons. The van der Waals surface area contributed by atoms with E-state index in [2.05, 4.69) is 21.2 Å². The van der Waals surface area contributed by atoms with Crippen molar-refractivity contribution in [1.29, 1.82) is 0 Å². The number of benzene rings is 1. The molecule has 0 heterocycles. The maximum Gasteiger partial charge on any atom is 0.283 e. The number of methoxy groups -OCH3 is 1. The number of nitrogens with zero attached hydrogens (tertiary/aromatic N) is 1. The summed E-state index contributed by atoms with van der Waals surface area (Å²) < 4.78 is 5.98. The summed E-state index contributed by atoms with van der Waals surface area (Å²) in [6, 6.07) is 5.27. The van der Waals surface area contributed by atoms with Crippen LogP contribution >= 0.6 is 15.9 Å². The highest BCUT2D eigenvalue weighted by Crippen LogP contribution is 2.30. The fourth-order valence-corrected chi connectivity index (χ4v) is 3.03. The van der Waals surface area contributed by atoms with Gasteiger partial charge in [-0.05, 0) is 40.9 Å². The zero-order valence-electron chi connectivity index (χ0n) is 10.8. The zero-order valence-corrected chi connectivity index (χ0v) is 12.4. The number of hydrogen-bond acceptors (Lipinski definition) is 4. The minimum atomic E-state index is -0.396. The summed E-state index contributed by atoms with van der Waals surface area (Å²) in [7, 11) is 1.73. The van der Waals surface area contributed by atoms with Crippen molar-refractivity contribution in [1.82, 2.24) is 0 Å². The van der Waals surface area contributed by atoms with Gasteiger partial charge in [0.05, 0.1) is 21.5 Å². The molecule has 0 amide bonds. The molecule has 2 atom stereocenters. The van der Waals surface area contributed by atoms with Crippen molar-refractivity contribution in [2.45, 2.75) is 37.8 Å². The monoisotopic (exact) mass is 328 g/mol. The van der Waals surface area contributed by atoms with Crippen LogP contribution in [0.1, 0.15) is 25.7 Å². The molecule has 1 aromatic rings. The minimum Gasteiger partial charge on any atom is -0.380 e. The predicted molar refractivity (Wildman–Crippen MR) is 77.5 cm³/mol. The predicted octanol–water partition coefficient (Wildman–Crippen LogP) is 3.73. The van der Waals surface area contributed by atoms with Crippen LogP contribution in [0.15, 0.2) is 22.7 Å². The Hall–Kier alpha value is -1.14. The van der Waals surface area contributed by atoms with Crippen LogP contribution in [0, 0.1) is 10.1 Å². The van der Waals surface area contributed by atoms with E-state index in [-0.39, 0.29) is 17.8 Å². The SMILES string of the molecule is COC1CCCCC1Nc1ccc([N+](=O)[O-])c(Br)c1. The molecule has 2 rings (SSSR count). The number of halogens is 1. The van der Waals surface area contributed by atoms with Crippen molar-refractivity contribution in [2.24, 2.45) is 0 Å². The smallest absolute Gasteiger partial charge is 0.283 e. The Labute approximate surface area is 120 Å². The quantitative estimate of drug-likeness (QED) is 0.675. The average Bonchev–Trinajstić information content (AvgIpc) is 2.39. The van der Waals surface area contributed by atoms with E-state index in [1.807, 2.05) is 0 Å². The van der Waals surface area contributed by atoms with Crippen molar-refractivity contribution in [3.63, 3.8) is 0 Å². The van der Waals surface area contributed by atoms with Crippen LogP contribution in [-0.2, 0) is 4.74 Å². The second kappa shape index (κ2) is 6.34. The Bertz CT molecular complexity index is 467. The summed E-state index contributed by atoms with van der Waals surface area (Å²) in [6.45, 7) is 0. The standard InChI is InChI=1S/C13H17BrN2O3/c1-19-13-5-3-2-4-11(13)15-9-6-7-12(16(17)18)10(14)8-9/h6-8,11,13,15H,2-5H2,1H3. The maximum absolute atomic E-state index is 10.8. The maximum atomic E-state index is 10.8. The largest absolute Gasteiger partial charge is 0.380 e. The van der Waals surface area contributed by atoms with Gasteiger partial charge in [0.15, 0.2) is 0 Å². The van der Waals surface area contributed by atoms with Gasteiger partial charge in [0.2, 0.25) is 0 Å². The number of nitro benzene ring substituents is 1. The lowest BCUT2D eigenvalue weighted by molar-refractivity contribution is -0.385. The summed E-state index contributed by atoms with van der Waals surface area (Å²) in [6.07, 6.45) is 4.71. The van der Waals surface area contributed by atoms with E-state index in [0.717, 1.165) is 18.5 Å². The molecule has 19 heavy (non-hydrogen) atoms. The van der Waals surface area contributed by atoms with Crippen LogP contribution in [0.3, 0.4) is 0 Å². The lowest BCUT2D eigenvalue weighted by Crippen LogP contribution is -2.37. The molecule has 1 aliphatic rings. The second-order valence-corrected chi connectivity index (χ2v) is 5.59. The number of anilines is 1. The summed E-state index contributed by atoms with van der Waals surface area (Å²) >= 11 is 3.23. The van der Waals surface area contributed by atoms with Crippen LogP contribution in [-0.4, -0.2) is 24.2 Å². The number of hydrogen-bond donors (Lipinski definition) is 1. The van der Waals surface area contributed by atoms with Crippen molar-refractivity contribution < 1.29 is 9.66 Å². The number of nitro groups is 1. The molecular weight excluding hydrogens is 312 g/mol. The van der Waals surface area contributed by atoms with Crippen LogP contribution in [0.5, 0.6) is 0 Å². The first-order valence-electron chi connectivity index (χ1n) is 6.35. The lowest BCUT2D eigenvalue weighted by Gasteiger charge is -2.31. The van der Waals surface area contributed by atoms with Gasteiger partial charge in [-0.3, -0.25) is 10.1 Å². The first kappa shape index (κ1) is 14.3. The van der Waals surface area contributed by atoms with Crippen molar-refractivity contribution in [3.05, 3.63) is 32.8 Å². The zero-order chi connectivity index (χ0) is 13.8. The van der Waals surface area contributed by atoms with Crippen LogP contribution in [0.25, 0.3) is 0 Å². The summed E-state index contributed by atoms with van der Waals surface area (Å²) in [4.78, 5) is 10.4. The Morgan fingerprint density at radius 3 is 2.79 bits per heavy atom. The lowest BCUT2D eigenvalue weighted by atomic mass is 9.92. The highest BCUT2D eigenvalue weighted by atomic mass is 79.9. The molecule has 1 aromatic carbocycles. The molecule has 0 aromatic heterocycles. The molecule has 1 saturated carbocycles. The van der Waals surface area contributed by atoms with E-state index in [0.29, 0.717) is 4.47 Å². The Kier molecular flexibility index (Phi) is 4.76. The first-order valence-corrected chi connectivity index (χ1v) is 7.14. The van der Waals surface area contributed by atoms with Gasteiger partial charge in [0.1, 0.15) is 0 Å². The Morgan fingerprint density at radius 2 is 2.16 bits per heavy atom. The Balaban J connectivity index is 2.10. The van der Waals surface area contributed by atoms with E-state index in [1.54, 1.807) is 19.2 Å². The summed E-state index contributed by atoms with van der Waals surface area (Å²) in [5.41, 5.74) is 0.962. The van der Waals surface area contributed by atoms with Crippen molar-refractivity contribution in [3.8, 4) is 0 Å². The third-order valence-corrected chi connectivity index (χ3v) is 4.14. The molecule has 0 spiro atoms. The van der Waals surface area contributed by atoms with E-state index >= 15 is 0 Å². The van der Waals surface area contributed by atoms with Gasteiger partial charge in [-0.25, -0.2) is 0 Å². The second-order valence-electron chi connectivity index (χ2n) is 4.73. The van der Waals surface area contributed by atoms with Crippen LogP contribution in [0.2, 0.25) is 0 Å². The third kappa shape index (κ3) is 3.45. The summed E-state index contributed by atoms with van der Waals surface area (Å²) in [5.74, 6) is 0. The van der Waals surface area contributed by atoms with Crippen LogP contribution < -0.4 is 5.32 Å². The van der Waals surface area contributed by atoms with Gasteiger partial charge in [0.25, 0.3) is 5.69 Å². The molecular formula is C13H17BrN2O3. The molecule has 1 fully saturated rings. The molecule has 2 unspecified atom stereocenters. The van der Waals surface area contributed by atoms with Gasteiger partial charge >= 0.3 is 0 Å². The Morgan fingerprint density at radius 1 is 1.42 bits per heavy atom. The van der Waals surface area contributed by atoms with Crippen molar-refractivity contribution >= 4 is 27.3 Å². The third-order valence-electron chi connectivity index (χ3n) is 3.50. The van der Waals surface area contributed by atoms with E-state index < -0.39 is 4.92 Å². The highest BCUT2D eigenvalue weighted by molar-refractivity contribution is 9.10. The van der Waals surface area contributed by atoms with E-state index in [4.69, 9.17) is 4.74 Å². The molecule has 1 N–H and O–H groups in total. The normalized spacial score (nSPS) is 23.1. The van der Waals surface area contributed by atoms with Gasteiger partial charge < -0.3 is 10.1 Å². The topological polar surface area (TPSA) is 64.4 Å². The van der Waals surface area contributed by atoms with Gasteiger partial charge in [-0.15, -0.1) is 0 Å².